The largest absolute Gasteiger partial charge is 0.481 e. The molecule has 1 saturated heterocycles. The van der Waals surface area contributed by atoms with Gasteiger partial charge in [-0.25, -0.2) is 4.99 Å². The van der Waals surface area contributed by atoms with Gasteiger partial charge in [-0.2, -0.15) is 11.8 Å². The summed E-state index contributed by atoms with van der Waals surface area (Å²) in [5.41, 5.74) is 5.50. The van der Waals surface area contributed by atoms with Gasteiger partial charge in [0.1, 0.15) is 6.04 Å². The molecule has 0 bridgehead atoms. The molecule has 0 saturated carbocycles. The van der Waals surface area contributed by atoms with Crippen LogP contribution in [0, 0.1) is 11.3 Å². The first-order chi connectivity index (χ1) is 10.9. The summed E-state index contributed by atoms with van der Waals surface area (Å²) in [6.07, 6.45) is 1.19. The first-order valence-corrected chi connectivity index (χ1v) is 8.85. The molecule has 0 aromatic rings. The Morgan fingerprint density at radius 2 is 1.92 bits per heavy atom. The minimum absolute atomic E-state index is 0. The van der Waals surface area contributed by atoms with E-state index in [1.54, 1.807) is 6.21 Å². The summed E-state index contributed by atoms with van der Waals surface area (Å²) in [6.45, 7) is 10.1. The van der Waals surface area contributed by atoms with E-state index in [4.69, 9.17) is 10.8 Å². The van der Waals surface area contributed by atoms with Gasteiger partial charge in [0.05, 0.1) is 12.5 Å². The quantitative estimate of drug-likeness (QED) is 0.565. The molecule has 1 rings (SSSR count). The standard InChI is InChI=1S/C16H27N3O4S.H2O/c1-9(19-14(23)10(17)6-12(20)21)13(22)18-7-11-15(2,3)8-24-16(11,4)5;/h7,9-11H,6,8,17H2,1-5H3,(H,19,23)(H,20,21);1H2/t9-,10+,11?;/m1./s1. The van der Waals surface area contributed by atoms with Gasteiger partial charge in [0.2, 0.25) is 5.91 Å². The second-order valence-electron chi connectivity index (χ2n) is 7.41. The van der Waals surface area contributed by atoms with Crippen LogP contribution in [0.2, 0.25) is 0 Å². The number of carboxylic acids is 1. The van der Waals surface area contributed by atoms with E-state index in [9.17, 15) is 14.4 Å². The predicted octanol–water partition coefficient (Wildman–Crippen LogP) is 0.234. The number of amides is 2. The average molecular weight is 375 g/mol. The van der Waals surface area contributed by atoms with E-state index in [2.05, 4.69) is 38.0 Å². The van der Waals surface area contributed by atoms with Crippen LogP contribution in [0.25, 0.3) is 0 Å². The molecule has 0 aromatic heterocycles. The van der Waals surface area contributed by atoms with Gasteiger partial charge in [-0.3, -0.25) is 14.4 Å². The van der Waals surface area contributed by atoms with Crippen LogP contribution in [0.4, 0.5) is 0 Å². The SMILES string of the molecule is C[C@@H](NC(=O)[C@@H](N)CC(=O)O)C(=O)N=CC1C(C)(C)CSC1(C)C.O. The Kier molecular flexibility index (Phi) is 8.26. The first-order valence-electron chi connectivity index (χ1n) is 7.86. The summed E-state index contributed by atoms with van der Waals surface area (Å²) in [7, 11) is 0. The van der Waals surface area contributed by atoms with Crippen LogP contribution in [0.3, 0.4) is 0 Å². The van der Waals surface area contributed by atoms with Crippen LogP contribution in [0.1, 0.15) is 41.0 Å². The monoisotopic (exact) mass is 375 g/mol. The number of aliphatic carboxylic acids is 1. The maximum absolute atomic E-state index is 12.1. The van der Waals surface area contributed by atoms with Gasteiger partial charge in [-0.15, -0.1) is 0 Å². The van der Waals surface area contributed by atoms with Crippen molar-refractivity contribution in [1.82, 2.24) is 5.32 Å². The van der Waals surface area contributed by atoms with Crippen molar-refractivity contribution in [1.29, 1.82) is 0 Å². The molecule has 1 fully saturated rings. The van der Waals surface area contributed by atoms with Gasteiger partial charge in [-0.05, 0) is 18.1 Å². The van der Waals surface area contributed by atoms with Gasteiger partial charge in [0, 0.05) is 16.9 Å². The highest BCUT2D eigenvalue weighted by molar-refractivity contribution is 8.01. The molecule has 0 aliphatic carbocycles. The number of carboxylic acid groups (broad SMARTS) is 1. The van der Waals surface area contributed by atoms with E-state index in [1.165, 1.54) is 6.92 Å². The number of hydrogen-bond acceptors (Lipinski definition) is 5. The maximum atomic E-state index is 12.1. The number of rotatable bonds is 6. The van der Waals surface area contributed by atoms with E-state index in [0.717, 1.165) is 5.75 Å². The lowest BCUT2D eigenvalue weighted by Crippen LogP contribution is -2.47. The van der Waals surface area contributed by atoms with Crippen LogP contribution in [0.15, 0.2) is 4.99 Å². The first kappa shape index (κ1) is 23.5. The number of hydrogen-bond donors (Lipinski definition) is 3. The number of nitrogens with one attached hydrogen (secondary N) is 1. The minimum Gasteiger partial charge on any atom is -0.481 e. The molecule has 144 valence electrons. The number of nitrogens with zero attached hydrogens (tertiary/aromatic N) is 1. The summed E-state index contributed by atoms with van der Waals surface area (Å²) >= 11 is 1.85. The van der Waals surface area contributed by atoms with Crippen molar-refractivity contribution in [2.75, 3.05) is 5.75 Å². The van der Waals surface area contributed by atoms with Crippen molar-refractivity contribution in [3.63, 3.8) is 0 Å². The third-order valence-corrected chi connectivity index (χ3v) is 6.10. The molecule has 1 heterocycles. The molecule has 6 N–H and O–H groups in total. The predicted molar refractivity (Wildman–Crippen MR) is 98.8 cm³/mol. The fraction of sp³-hybridized carbons (Fsp3) is 0.750. The summed E-state index contributed by atoms with van der Waals surface area (Å²) in [4.78, 5) is 38.5. The lowest BCUT2D eigenvalue weighted by molar-refractivity contribution is -0.139. The van der Waals surface area contributed by atoms with Gasteiger partial charge in [-0.1, -0.05) is 27.7 Å². The smallest absolute Gasteiger partial charge is 0.305 e. The molecule has 0 radical (unpaired) electrons. The summed E-state index contributed by atoms with van der Waals surface area (Å²) in [6, 6.07) is -2.04. The number of nitrogens with two attached hydrogens (primary N) is 1. The summed E-state index contributed by atoms with van der Waals surface area (Å²) < 4.78 is -0.0103. The van der Waals surface area contributed by atoms with Crippen molar-refractivity contribution >= 4 is 35.8 Å². The fourth-order valence-corrected chi connectivity index (χ4v) is 4.28. The zero-order valence-electron chi connectivity index (χ0n) is 15.3. The Morgan fingerprint density at radius 1 is 1.36 bits per heavy atom. The third-order valence-electron chi connectivity index (χ3n) is 4.22. The van der Waals surface area contributed by atoms with Gasteiger partial charge >= 0.3 is 5.97 Å². The Hall–Kier alpha value is -1.45. The van der Waals surface area contributed by atoms with E-state index >= 15 is 0 Å². The molecule has 1 aliphatic heterocycles. The second-order valence-corrected chi connectivity index (χ2v) is 9.04. The highest BCUT2D eigenvalue weighted by Gasteiger charge is 2.46. The zero-order valence-corrected chi connectivity index (χ0v) is 16.1. The van der Waals surface area contributed by atoms with Gasteiger partial charge in [0.15, 0.2) is 0 Å². The number of carbonyl (C=O) groups is 3. The number of thioether (sulfide) groups is 1. The number of carbonyl (C=O) groups excluding carboxylic acids is 2. The topological polar surface area (TPSA) is 153 Å². The Morgan fingerprint density at radius 3 is 2.36 bits per heavy atom. The molecule has 1 aliphatic rings. The number of aliphatic imine (C=N–C) groups is 1. The average Bonchev–Trinajstić information content (AvgIpc) is 2.64. The maximum Gasteiger partial charge on any atom is 0.305 e. The molecule has 25 heavy (non-hydrogen) atoms. The Bertz CT molecular complexity index is 532. The third kappa shape index (κ3) is 6.41. The van der Waals surface area contributed by atoms with Crippen molar-refractivity contribution in [2.45, 2.75) is 57.9 Å². The van der Waals surface area contributed by atoms with Crippen LogP contribution in [-0.2, 0) is 14.4 Å². The van der Waals surface area contributed by atoms with Crippen LogP contribution < -0.4 is 11.1 Å². The Balaban J connectivity index is 0.00000576. The Labute approximate surface area is 152 Å². The normalized spacial score (nSPS) is 23.5. The molecule has 3 atom stereocenters. The van der Waals surface area contributed by atoms with E-state index in [0.29, 0.717) is 0 Å². The molecule has 8 nitrogen and oxygen atoms in total. The summed E-state index contributed by atoms with van der Waals surface area (Å²) in [5.74, 6) is -1.20. The van der Waals surface area contributed by atoms with Crippen LogP contribution >= 0.6 is 11.8 Å². The molecular weight excluding hydrogens is 346 g/mol. The van der Waals surface area contributed by atoms with Crippen molar-refractivity contribution in [2.24, 2.45) is 22.1 Å². The van der Waals surface area contributed by atoms with E-state index < -0.39 is 36.3 Å². The summed E-state index contributed by atoms with van der Waals surface area (Å²) in [5, 5.41) is 11.0. The highest BCUT2D eigenvalue weighted by atomic mass is 32.2. The van der Waals surface area contributed by atoms with Crippen molar-refractivity contribution in [3.05, 3.63) is 0 Å². The lowest BCUT2D eigenvalue weighted by Gasteiger charge is -2.30. The van der Waals surface area contributed by atoms with Crippen molar-refractivity contribution < 1.29 is 25.0 Å². The zero-order chi connectivity index (χ0) is 18.7. The second kappa shape index (κ2) is 8.77. The molecule has 0 spiro atoms. The highest BCUT2D eigenvalue weighted by Crippen LogP contribution is 2.51. The molecule has 0 aromatic carbocycles. The van der Waals surface area contributed by atoms with E-state index in [-0.39, 0.29) is 21.6 Å². The molecule has 9 heteroatoms. The van der Waals surface area contributed by atoms with Crippen molar-refractivity contribution in [3.8, 4) is 0 Å². The van der Waals surface area contributed by atoms with Gasteiger partial charge < -0.3 is 21.6 Å². The minimum atomic E-state index is -1.19. The lowest BCUT2D eigenvalue weighted by atomic mass is 9.75. The molecule has 1 unspecified atom stereocenters. The van der Waals surface area contributed by atoms with Crippen LogP contribution in [-0.4, -0.2) is 57.2 Å². The van der Waals surface area contributed by atoms with Crippen LogP contribution in [0.5, 0.6) is 0 Å². The molecular formula is C16H29N3O5S. The van der Waals surface area contributed by atoms with Gasteiger partial charge in [0.25, 0.3) is 5.91 Å². The fourth-order valence-electron chi connectivity index (χ4n) is 2.80. The molecule has 2 amide bonds. The van der Waals surface area contributed by atoms with E-state index in [1.807, 2.05) is 11.8 Å².